The molecule has 192 valence electrons. The number of rotatable bonds is 12. The number of hydrogen-bond acceptors (Lipinski definition) is 5. The molecule has 0 aliphatic rings. The SMILES string of the molecule is CC[C@@H](C(=O)NC)N(Cc1ccc(Cl)cc1Cl)C(=O)CCCN(c1cccc(OC)c1)S(C)(=O)=O. The second-order valence-corrected chi connectivity index (χ2v) is 10.7. The third-order valence-electron chi connectivity index (χ3n) is 5.48. The third-order valence-corrected chi connectivity index (χ3v) is 7.26. The highest BCUT2D eigenvalue weighted by Crippen LogP contribution is 2.26. The van der Waals surface area contributed by atoms with E-state index in [0.29, 0.717) is 33.5 Å². The van der Waals surface area contributed by atoms with E-state index >= 15 is 0 Å². The fourth-order valence-corrected chi connectivity index (χ4v) is 5.11. The van der Waals surface area contributed by atoms with Crippen LogP contribution in [0.2, 0.25) is 10.0 Å². The summed E-state index contributed by atoms with van der Waals surface area (Å²) in [6.07, 6.45) is 1.80. The lowest BCUT2D eigenvalue weighted by Gasteiger charge is -2.31. The molecule has 11 heteroatoms. The summed E-state index contributed by atoms with van der Waals surface area (Å²) in [5, 5.41) is 3.46. The summed E-state index contributed by atoms with van der Waals surface area (Å²) >= 11 is 12.3. The number of nitrogens with zero attached hydrogens (tertiary/aromatic N) is 2. The Morgan fingerprint density at radius 1 is 1.14 bits per heavy atom. The summed E-state index contributed by atoms with van der Waals surface area (Å²) in [4.78, 5) is 27.3. The largest absolute Gasteiger partial charge is 0.497 e. The Kier molecular flexibility index (Phi) is 10.7. The number of methoxy groups -OCH3 is 1. The molecule has 35 heavy (non-hydrogen) atoms. The van der Waals surface area contributed by atoms with E-state index < -0.39 is 16.1 Å². The van der Waals surface area contributed by atoms with Crippen LogP contribution in [0, 0.1) is 0 Å². The maximum Gasteiger partial charge on any atom is 0.242 e. The zero-order valence-electron chi connectivity index (χ0n) is 20.3. The number of likely N-dealkylation sites (N-methyl/N-ethyl adjacent to an activating group) is 1. The zero-order chi connectivity index (χ0) is 26.2. The number of nitrogens with one attached hydrogen (secondary N) is 1. The molecule has 2 aromatic rings. The molecule has 0 unspecified atom stereocenters. The highest BCUT2D eigenvalue weighted by Gasteiger charge is 2.28. The molecule has 8 nitrogen and oxygen atoms in total. The summed E-state index contributed by atoms with van der Waals surface area (Å²) in [5.41, 5.74) is 1.10. The van der Waals surface area contributed by atoms with Gasteiger partial charge in [-0.1, -0.05) is 42.3 Å². The molecule has 0 aliphatic carbocycles. The van der Waals surface area contributed by atoms with Crippen molar-refractivity contribution in [2.45, 2.75) is 38.8 Å². The van der Waals surface area contributed by atoms with Gasteiger partial charge in [0.1, 0.15) is 11.8 Å². The minimum Gasteiger partial charge on any atom is -0.497 e. The van der Waals surface area contributed by atoms with Crippen molar-refractivity contribution >= 4 is 50.7 Å². The number of amides is 2. The molecule has 1 atom stereocenters. The van der Waals surface area contributed by atoms with E-state index in [9.17, 15) is 18.0 Å². The van der Waals surface area contributed by atoms with Gasteiger partial charge >= 0.3 is 0 Å². The Hall–Kier alpha value is -2.49. The second-order valence-electron chi connectivity index (χ2n) is 7.94. The summed E-state index contributed by atoms with van der Waals surface area (Å²) < 4.78 is 31.3. The van der Waals surface area contributed by atoms with Gasteiger partial charge in [-0.2, -0.15) is 0 Å². The molecule has 0 aliphatic heterocycles. The average Bonchev–Trinajstić information content (AvgIpc) is 2.81. The summed E-state index contributed by atoms with van der Waals surface area (Å²) in [5.74, 6) is -0.0553. The average molecular weight is 545 g/mol. The maximum atomic E-state index is 13.3. The van der Waals surface area contributed by atoms with E-state index in [0.717, 1.165) is 6.26 Å². The first kappa shape index (κ1) is 28.7. The summed E-state index contributed by atoms with van der Waals surface area (Å²) in [6.45, 7) is 2.02. The number of ether oxygens (including phenoxy) is 1. The number of carbonyl (C=O) groups is 2. The first-order chi connectivity index (χ1) is 16.5. The summed E-state index contributed by atoms with van der Waals surface area (Å²) in [6, 6.07) is 11.0. The molecule has 0 saturated heterocycles. The maximum absolute atomic E-state index is 13.3. The van der Waals surface area contributed by atoms with Crippen LogP contribution in [0.25, 0.3) is 0 Å². The van der Waals surface area contributed by atoms with Gasteiger partial charge in [0.25, 0.3) is 0 Å². The quantitative estimate of drug-likeness (QED) is 0.434. The molecule has 2 rings (SSSR count). The summed E-state index contributed by atoms with van der Waals surface area (Å²) in [7, 11) is -0.583. The van der Waals surface area contributed by atoms with E-state index in [1.165, 1.54) is 23.4 Å². The van der Waals surface area contributed by atoms with Crippen molar-refractivity contribution in [1.82, 2.24) is 10.2 Å². The van der Waals surface area contributed by atoms with Gasteiger partial charge in [0.05, 0.1) is 19.1 Å². The number of anilines is 1. The third kappa shape index (κ3) is 8.02. The lowest BCUT2D eigenvalue weighted by atomic mass is 10.1. The van der Waals surface area contributed by atoms with Crippen LogP contribution in [0.1, 0.15) is 31.7 Å². The molecule has 0 saturated carbocycles. The monoisotopic (exact) mass is 543 g/mol. The number of halogens is 2. The molecule has 2 amide bonds. The predicted octanol–water partition coefficient (Wildman–Crippen LogP) is 4.10. The Morgan fingerprint density at radius 3 is 2.43 bits per heavy atom. The fourth-order valence-electron chi connectivity index (χ4n) is 3.69. The van der Waals surface area contributed by atoms with Crippen molar-refractivity contribution < 1.29 is 22.7 Å². The van der Waals surface area contributed by atoms with Gasteiger partial charge in [-0.3, -0.25) is 13.9 Å². The minimum atomic E-state index is -3.60. The van der Waals surface area contributed by atoms with Crippen molar-refractivity contribution in [1.29, 1.82) is 0 Å². The van der Waals surface area contributed by atoms with Crippen LogP contribution in [0.3, 0.4) is 0 Å². The van der Waals surface area contributed by atoms with Crippen LogP contribution in [-0.2, 0) is 26.2 Å². The highest BCUT2D eigenvalue weighted by atomic mass is 35.5. The molecule has 0 heterocycles. The van der Waals surface area contributed by atoms with Gasteiger partial charge in [-0.15, -0.1) is 0 Å². The first-order valence-electron chi connectivity index (χ1n) is 11.1. The number of benzene rings is 2. The van der Waals surface area contributed by atoms with Crippen molar-refractivity contribution in [3.63, 3.8) is 0 Å². The molecule has 0 radical (unpaired) electrons. The van der Waals surface area contributed by atoms with Gasteiger partial charge in [0.2, 0.25) is 21.8 Å². The molecular weight excluding hydrogens is 513 g/mol. The fraction of sp³-hybridized carbons (Fsp3) is 0.417. The Bertz CT molecular complexity index is 1140. The van der Waals surface area contributed by atoms with Crippen molar-refractivity contribution in [3.05, 3.63) is 58.1 Å². The number of sulfonamides is 1. The number of carbonyl (C=O) groups excluding carboxylic acids is 2. The van der Waals surface area contributed by atoms with E-state index in [1.807, 2.05) is 6.92 Å². The minimum absolute atomic E-state index is 0.0364. The highest BCUT2D eigenvalue weighted by molar-refractivity contribution is 7.92. The van der Waals surface area contributed by atoms with E-state index in [1.54, 1.807) is 42.5 Å². The van der Waals surface area contributed by atoms with Crippen LogP contribution in [0.5, 0.6) is 5.75 Å². The van der Waals surface area contributed by atoms with E-state index in [4.69, 9.17) is 27.9 Å². The van der Waals surface area contributed by atoms with Gasteiger partial charge < -0.3 is 15.0 Å². The van der Waals surface area contributed by atoms with Crippen LogP contribution >= 0.6 is 23.2 Å². The Balaban J connectivity index is 2.23. The van der Waals surface area contributed by atoms with Crippen molar-refractivity contribution in [3.8, 4) is 5.75 Å². The first-order valence-corrected chi connectivity index (χ1v) is 13.7. The van der Waals surface area contributed by atoms with Crippen LogP contribution < -0.4 is 14.4 Å². The molecule has 0 aromatic heterocycles. The smallest absolute Gasteiger partial charge is 0.242 e. The van der Waals surface area contributed by atoms with Gasteiger partial charge in [-0.05, 0) is 42.7 Å². The van der Waals surface area contributed by atoms with Gasteiger partial charge in [0, 0.05) is 42.7 Å². The molecule has 0 fully saturated rings. The predicted molar refractivity (Wildman–Crippen MR) is 140 cm³/mol. The lowest BCUT2D eigenvalue weighted by molar-refractivity contribution is -0.141. The normalized spacial score (nSPS) is 12.1. The van der Waals surface area contributed by atoms with Crippen LogP contribution in [0.15, 0.2) is 42.5 Å². The zero-order valence-corrected chi connectivity index (χ0v) is 22.6. The standard InChI is InChI=1S/C24H31Cl2N3O5S/c1-5-22(24(31)27-2)28(16-17-11-12-18(25)14-21(17)26)23(30)10-7-13-29(35(4,32)33)19-8-6-9-20(15-19)34-3/h6,8-9,11-12,14-15,22H,5,7,10,13,16H2,1-4H3,(H,27,31)/t22-/m0/s1. The molecule has 2 aromatic carbocycles. The second kappa shape index (κ2) is 13.0. The number of hydrogen-bond donors (Lipinski definition) is 1. The molecule has 1 N–H and O–H groups in total. The Morgan fingerprint density at radius 2 is 1.86 bits per heavy atom. The van der Waals surface area contributed by atoms with E-state index in [-0.39, 0.29) is 37.7 Å². The Labute approximate surface area is 217 Å². The molecule has 0 spiro atoms. The van der Waals surface area contributed by atoms with Crippen molar-refractivity contribution in [2.75, 3.05) is 31.3 Å². The topological polar surface area (TPSA) is 96.0 Å². The molecular formula is C24H31Cl2N3O5S. The van der Waals surface area contributed by atoms with E-state index in [2.05, 4.69) is 5.32 Å². The van der Waals surface area contributed by atoms with Crippen LogP contribution in [0.4, 0.5) is 5.69 Å². The molecule has 0 bridgehead atoms. The lowest BCUT2D eigenvalue weighted by Crippen LogP contribution is -2.48. The van der Waals surface area contributed by atoms with Crippen LogP contribution in [-0.4, -0.2) is 58.1 Å². The van der Waals surface area contributed by atoms with Gasteiger partial charge in [-0.25, -0.2) is 8.42 Å². The van der Waals surface area contributed by atoms with Gasteiger partial charge in [0.15, 0.2) is 0 Å². The van der Waals surface area contributed by atoms with Crippen molar-refractivity contribution in [2.24, 2.45) is 0 Å².